The van der Waals surface area contributed by atoms with Crippen molar-refractivity contribution < 1.29 is 0 Å². The van der Waals surface area contributed by atoms with Gasteiger partial charge in [0.15, 0.2) is 0 Å². The van der Waals surface area contributed by atoms with Crippen molar-refractivity contribution in [2.75, 3.05) is 4.90 Å². The Hall–Kier alpha value is -6.90. The van der Waals surface area contributed by atoms with Crippen molar-refractivity contribution in [3.8, 4) is 5.69 Å². The molecule has 0 amide bonds. The van der Waals surface area contributed by atoms with E-state index in [4.69, 9.17) is 0 Å². The van der Waals surface area contributed by atoms with Crippen LogP contribution in [0.2, 0.25) is 0 Å². The molecule has 9 aromatic rings. The minimum Gasteiger partial charge on any atom is -0.310 e. The van der Waals surface area contributed by atoms with Crippen LogP contribution >= 0.6 is 0 Å². The Kier molecular flexibility index (Phi) is 8.92. The van der Waals surface area contributed by atoms with Gasteiger partial charge in [-0.3, -0.25) is 0 Å². The SMILES string of the molecule is CC/C(c1ccccc1)=c1/cccc/c1=C(/c1ccccc1)c1ccc(N(c2ccccc2)c2ccc3c(c2)c2ccccc2n3-c2ccccc2)cc1. The molecule has 8 aromatic carbocycles. The van der Waals surface area contributed by atoms with Crippen molar-refractivity contribution in [1.82, 2.24) is 4.57 Å². The molecule has 0 aliphatic rings. The zero-order valence-electron chi connectivity index (χ0n) is 30.3. The van der Waals surface area contributed by atoms with Crippen LogP contribution < -0.4 is 15.3 Å². The quantitative estimate of drug-likeness (QED) is 0.154. The Morgan fingerprint density at radius 3 is 1.59 bits per heavy atom. The van der Waals surface area contributed by atoms with E-state index in [1.165, 1.54) is 60.1 Å². The second-order valence-electron chi connectivity index (χ2n) is 13.6. The summed E-state index contributed by atoms with van der Waals surface area (Å²) in [7, 11) is 0. The zero-order valence-corrected chi connectivity index (χ0v) is 30.3. The number of rotatable bonds is 8. The van der Waals surface area contributed by atoms with E-state index in [0.29, 0.717) is 0 Å². The molecule has 1 heterocycles. The summed E-state index contributed by atoms with van der Waals surface area (Å²) in [6.45, 7) is 2.25. The second-order valence-corrected chi connectivity index (χ2v) is 13.6. The third kappa shape index (κ3) is 6.08. The fourth-order valence-electron chi connectivity index (χ4n) is 7.99. The Balaban J connectivity index is 1.23. The van der Waals surface area contributed by atoms with E-state index < -0.39 is 0 Å². The predicted octanol–water partition coefficient (Wildman–Crippen LogP) is 12.1. The Morgan fingerprint density at radius 2 is 0.907 bits per heavy atom. The molecule has 0 bridgehead atoms. The van der Waals surface area contributed by atoms with Crippen molar-refractivity contribution in [2.45, 2.75) is 13.3 Å². The molecule has 0 saturated carbocycles. The number of nitrogens with zero attached hydrogens (tertiary/aromatic N) is 2. The van der Waals surface area contributed by atoms with Crippen LogP contribution in [0.15, 0.2) is 212 Å². The van der Waals surface area contributed by atoms with E-state index >= 15 is 0 Å². The summed E-state index contributed by atoms with van der Waals surface area (Å²) < 4.78 is 2.37. The molecule has 2 nitrogen and oxygen atoms in total. The highest BCUT2D eigenvalue weighted by atomic mass is 15.1. The summed E-state index contributed by atoms with van der Waals surface area (Å²) in [4.78, 5) is 2.37. The standard InChI is InChI=1S/C52H40N2/c1-2-45(38-19-7-3-8-20-38)46-27-15-16-29-48(46)52(39-21-9-4-10-22-39)40-31-33-43(34-32-40)53(41-23-11-5-12-24-41)44-35-36-51-49(37-44)47-28-17-18-30-50(47)54(51)42-25-13-6-14-26-42/h3-37H,2H2,1H3/b46-45+,52-48+. The Morgan fingerprint density at radius 1 is 0.407 bits per heavy atom. The number of anilines is 3. The maximum absolute atomic E-state index is 2.37. The van der Waals surface area contributed by atoms with E-state index in [0.717, 1.165) is 29.2 Å². The molecule has 0 radical (unpaired) electrons. The van der Waals surface area contributed by atoms with Gasteiger partial charge in [-0.2, -0.15) is 0 Å². The van der Waals surface area contributed by atoms with Crippen LogP contribution in [0.5, 0.6) is 0 Å². The highest BCUT2D eigenvalue weighted by Gasteiger charge is 2.18. The molecule has 54 heavy (non-hydrogen) atoms. The van der Waals surface area contributed by atoms with E-state index in [1.807, 2.05) is 0 Å². The topological polar surface area (TPSA) is 8.17 Å². The average molecular weight is 693 g/mol. The van der Waals surface area contributed by atoms with Crippen molar-refractivity contribution in [3.05, 3.63) is 239 Å². The number of aromatic nitrogens is 1. The Labute approximate surface area is 316 Å². The van der Waals surface area contributed by atoms with Gasteiger partial charge in [0.25, 0.3) is 0 Å². The minimum atomic E-state index is 0.933. The lowest BCUT2D eigenvalue weighted by atomic mass is 9.92. The van der Waals surface area contributed by atoms with E-state index in [9.17, 15) is 0 Å². The van der Waals surface area contributed by atoms with Crippen LogP contribution in [0.4, 0.5) is 17.1 Å². The maximum atomic E-state index is 2.37. The number of fused-ring (bicyclic) bond motifs is 3. The number of hydrogen-bond acceptors (Lipinski definition) is 1. The number of para-hydroxylation sites is 3. The molecule has 0 fully saturated rings. The van der Waals surface area contributed by atoms with Crippen LogP contribution in [0.3, 0.4) is 0 Å². The molecule has 0 aliphatic heterocycles. The molecule has 0 N–H and O–H groups in total. The largest absolute Gasteiger partial charge is 0.310 e. The first-order valence-corrected chi connectivity index (χ1v) is 18.8. The first-order valence-electron chi connectivity index (χ1n) is 18.8. The lowest BCUT2D eigenvalue weighted by Gasteiger charge is -2.26. The average Bonchev–Trinajstić information content (AvgIpc) is 3.58. The third-order valence-electron chi connectivity index (χ3n) is 10.4. The first kappa shape index (κ1) is 33.0. The monoisotopic (exact) mass is 692 g/mol. The molecule has 9 rings (SSSR count). The van der Waals surface area contributed by atoms with E-state index in [-0.39, 0.29) is 0 Å². The number of hydrogen-bond donors (Lipinski definition) is 0. The summed E-state index contributed by atoms with van der Waals surface area (Å²) in [6.07, 6.45) is 0.933. The Bertz CT molecular complexity index is 2820. The van der Waals surface area contributed by atoms with Crippen molar-refractivity contribution in [1.29, 1.82) is 0 Å². The predicted molar refractivity (Wildman–Crippen MR) is 228 cm³/mol. The van der Waals surface area contributed by atoms with Crippen molar-refractivity contribution in [2.24, 2.45) is 0 Å². The van der Waals surface area contributed by atoms with E-state index in [1.54, 1.807) is 0 Å². The van der Waals surface area contributed by atoms with Gasteiger partial charge in [0.05, 0.1) is 11.0 Å². The molecule has 2 heteroatoms. The van der Waals surface area contributed by atoms with Gasteiger partial charge in [-0.15, -0.1) is 0 Å². The van der Waals surface area contributed by atoms with E-state index in [2.05, 4.69) is 229 Å². The van der Waals surface area contributed by atoms with Crippen molar-refractivity contribution >= 4 is 50.0 Å². The minimum absolute atomic E-state index is 0.933. The summed E-state index contributed by atoms with van der Waals surface area (Å²) in [6, 6.07) is 76.5. The van der Waals surface area contributed by atoms with Crippen LogP contribution in [0.1, 0.15) is 30.0 Å². The van der Waals surface area contributed by atoms with Gasteiger partial charge in [-0.1, -0.05) is 159 Å². The van der Waals surface area contributed by atoms with Gasteiger partial charge < -0.3 is 9.47 Å². The highest BCUT2D eigenvalue weighted by Crippen LogP contribution is 2.40. The first-order chi connectivity index (χ1) is 26.8. The third-order valence-corrected chi connectivity index (χ3v) is 10.4. The van der Waals surface area contributed by atoms with Gasteiger partial charge >= 0.3 is 0 Å². The van der Waals surface area contributed by atoms with Gasteiger partial charge in [0.1, 0.15) is 0 Å². The normalized spacial score (nSPS) is 12.5. The number of benzene rings is 8. The summed E-state index contributed by atoms with van der Waals surface area (Å²) in [5, 5.41) is 4.96. The van der Waals surface area contributed by atoms with Gasteiger partial charge in [-0.25, -0.2) is 0 Å². The summed E-state index contributed by atoms with van der Waals surface area (Å²) >= 11 is 0. The lowest BCUT2D eigenvalue weighted by Crippen LogP contribution is -2.30. The zero-order chi connectivity index (χ0) is 36.3. The van der Waals surface area contributed by atoms with Crippen molar-refractivity contribution in [3.63, 3.8) is 0 Å². The van der Waals surface area contributed by atoms with Crippen LogP contribution in [-0.4, -0.2) is 4.57 Å². The fraction of sp³-hybridized carbons (Fsp3) is 0.0385. The molecule has 0 spiro atoms. The molecular weight excluding hydrogens is 653 g/mol. The lowest BCUT2D eigenvalue weighted by molar-refractivity contribution is 1.18. The molecular formula is C52H40N2. The van der Waals surface area contributed by atoms with Crippen LogP contribution in [0, 0.1) is 0 Å². The summed E-state index contributed by atoms with van der Waals surface area (Å²) in [5.74, 6) is 0. The van der Waals surface area contributed by atoms with Gasteiger partial charge in [0, 0.05) is 33.5 Å². The molecule has 0 unspecified atom stereocenters. The van der Waals surface area contributed by atoms with Gasteiger partial charge in [0.2, 0.25) is 0 Å². The molecule has 0 saturated heterocycles. The van der Waals surface area contributed by atoms with Crippen LogP contribution in [-0.2, 0) is 0 Å². The van der Waals surface area contributed by atoms with Gasteiger partial charge in [-0.05, 0) is 105 Å². The smallest absolute Gasteiger partial charge is 0.0542 e. The molecule has 0 aliphatic carbocycles. The second kappa shape index (κ2) is 14.6. The fourth-order valence-corrected chi connectivity index (χ4v) is 7.99. The molecule has 1 aromatic heterocycles. The highest BCUT2D eigenvalue weighted by molar-refractivity contribution is 6.10. The maximum Gasteiger partial charge on any atom is 0.0542 e. The molecule has 258 valence electrons. The summed E-state index contributed by atoms with van der Waals surface area (Å²) in [5.41, 5.74) is 13.1. The van der Waals surface area contributed by atoms with Crippen LogP contribution in [0.25, 0.3) is 38.6 Å². The molecule has 0 atom stereocenters.